The van der Waals surface area contributed by atoms with Crippen LogP contribution >= 0.6 is 0 Å². The number of amides is 2. The van der Waals surface area contributed by atoms with E-state index in [1.807, 2.05) is 6.07 Å². The second kappa shape index (κ2) is 7.43. The lowest BCUT2D eigenvalue weighted by atomic mass is 10.1. The predicted octanol–water partition coefficient (Wildman–Crippen LogP) is 1.63. The molecule has 0 saturated carbocycles. The minimum absolute atomic E-state index is 0.247. The maximum atomic E-state index is 12.1. The first-order valence-electron chi connectivity index (χ1n) is 7.84. The summed E-state index contributed by atoms with van der Waals surface area (Å²) in [5.41, 5.74) is 8.11. The molecular weight excluding hydrogens is 332 g/mol. The molecule has 0 spiro atoms. The zero-order valence-corrected chi connectivity index (χ0v) is 13.8. The molecule has 1 aromatic heterocycles. The Morgan fingerprint density at radius 1 is 1.12 bits per heavy atom. The van der Waals surface area contributed by atoms with Crippen LogP contribution in [0.25, 0.3) is 11.3 Å². The fraction of sp³-hybridized carbons (Fsp3) is 0.0526. The van der Waals surface area contributed by atoms with Crippen LogP contribution in [-0.4, -0.2) is 22.1 Å². The topological polar surface area (TPSA) is 107 Å². The van der Waals surface area contributed by atoms with E-state index in [0.29, 0.717) is 28.9 Å². The molecule has 2 amide bonds. The van der Waals surface area contributed by atoms with Gasteiger partial charge in [-0.15, -0.1) is 0 Å². The highest BCUT2D eigenvalue weighted by atomic mass is 16.1. The van der Waals surface area contributed by atoms with Crippen molar-refractivity contribution in [1.29, 1.82) is 0 Å². The summed E-state index contributed by atoms with van der Waals surface area (Å²) in [6, 6.07) is 16.9. The Morgan fingerprint density at radius 3 is 2.69 bits per heavy atom. The fourth-order valence-corrected chi connectivity index (χ4v) is 2.55. The van der Waals surface area contributed by atoms with E-state index in [9.17, 15) is 14.4 Å². The van der Waals surface area contributed by atoms with Crippen molar-refractivity contribution in [2.24, 2.45) is 5.73 Å². The Balaban J connectivity index is 1.94. The van der Waals surface area contributed by atoms with Crippen molar-refractivity contribution in [3.63, 3.8) is 0 Å². The minimum Gasteiger partial charge on any atom is -0.366 e. The van der Waals surface area contributed by atoms with Crippen LogP contribution in [0, 0.1) is 0 Å². The fourth-order valence-electron chi connectivity index (χ4n) is 2.55. The number of carbonyl (C=O) groups is 2. The van der Waals surface area contributed by atoms with E-state index in [2.05, 4.69) is 10.4 Å². The minimum atomic E-state index is -0.528. The Morgan fingerprint density at radius 2 is 1.92 bits per heavy atom. The van der Waals surface area contributed by atoms with Crippen molar-refractivity contribution >= 4 is 18.0 Å². The van der Waals surface area contributed by atoms with E-state index in [-0.39, 0.29) is 12.1 Å². The van der Waals surface area contributed by atoms with Gasteiger partial charge >= 0.3 is 0 Å². The number of benzene rings is 2. The van der Waals surface area contributed by atoms with Crippen molar-refractivity contribution in [2.75, 3.05) is 5.32 Å². The number of nitrogens with one attached hydrogen (secondary N) is 1. The Bertz CT molecular complexity index is 1030. The zero-order chi connectivity index (χ0) is 18.5. The molecule has 7 heteroatoms. The third-order valence-electron chi connectivity index (χ3n) is 3.79. The number of carbonyl (C=O) groups excluding carboxylic acids is 2. The first kappa shape index (κ1) is 17.1. The maximum absolute atomic E-state index is 12.1. The number of rotatable bonds is 6. The SMILES string of the molecule is NC(=O)c1cccc(-c2ccc(=O)n(Cc3cccc(NC=O)c3)n2)c1. The lowest BCUT2D eigenvalue weighted by Gasteiger charge is -2.09. The molecule has 0 aliphatic heterocycles. The normalized spacial score (nSPS) is 10.3. The highest BCUT2D eigenvalue weighted by Crippen LogP contribution is 2.17. The van der Waals surface area contributed by atoms with Crippen LogP contribution in [0.3, 0.4) is 0 Å². The van der Waals surface area contributed by atoms with Gasteiger partial charge in [-0.05, 0) is 35.9 Å². The third kappa shape index (κ3) is 3.84. The van der Waals surface area contributed by atoms with E-state index < -0.39 is 5.91 Å². The number of primary amides is 1. The number of aromatic nitrogens is 2. The summed E-state index contributed by atoms with van der Waals surface area (Å²) < 4.78 is 1.33. The lowest BCUT2D eigenvalue weighted by molar-refractivity contribution is -0.105. The first-order valence-corrected chi connectivity index (χ1v) is 7.84. The van der Waals surface area contributed by atoms with Crippen LogP contribution in [0.1, 0.15) is 15.9 Å². The van der Waals surface area contributed by atoms with Crippen LogP contribution in [0.4, 0.5) is 5.69 Å². The van der Waals surface area contributed by atoms with Crippen LogP contribution in [0.5, 0.6) is 0 Å². The second-order valence-corrected chi connectivity index (χ2v) is 5.62. The van der Waals surface area contributed by atoms with Crippen molar-refractivity contribution in [3.05, 3.63) is 82.1 Å². The van der Waals surface area contributed by atoms with Crippen LogP contribution in [-0.2, 0) is 11.3 Å². The Kier molecular flexibility index (Phi) is 4.89. The molecule has 3 aromatic rings. The number of hydrogen-bond acceptors (Lipinski definition) is 4. The number of nitrogens with two attached hydrogens (primary N) is 1. The first-order chi connectivity index (χ1) is 12.6. The standard InChI is InChI=1S/C19H16N4O3/c20-19(26)15-5-2-4-14(10-15)17-7-8-18(25)23(22-17)11-13-3-1-6-16(9-13)21-12-24/h1-10,12H,11H2,(H2,20,26)(H,21,24). The smallest absolute Gasteiger partial charge is 0.267 e. The molecule has 7 nitrogen and oxygen atoms in total. The molecule has 3 N–H and O–H groups in total. The molecule has 1 heterocycles. The van der Waals surface area contributed by atoms with Gasteiger partial charge in [0.1, 0.15) is 0 Å². The molecule has 0 bridgehead atoms. The van der Waals surface area contributed by atoms with Crippen molar-refractivity contribution in [3.8, 4) is 11.3 Å². The molecule has 3 rings (SSSR count). The third-order valence-corrected chi connectivity index (χ3v) is 3.79. The van der Waals surface area contributed by atoms with Gasteiger partial charge in [0.25, 0.3) is 5.56 Å². The molecule has 0 radical (unpaired) electrons. The summed E-state index contributed by atoms with van der Waals surface area (Å²) in [6.07, 6.45) is 0.593. The van der Waals surface area contributed by atoms with Crippen molar-refractivity contribution in [2.45, 2.75) is 6.54 Å². The average molecular weight is 348 g/mol. The maximum Gasteiger partial charge on any atom is 0.267 e. The van der Waals surface area contributed by atoms with E-state index >= 15 is 0 Å². The van der Waals surface area contributed by atoms with Crippen LogP contribution in [0.2, 0.25) is 0 Å². The summed E-state index contributed by atoms with van der Waals surface area (Å²) in [4.78, 5) is 34.1. The summed E-state index contributed by atoms with van der Waals surface area (Å²) >= 11 is 0. The van der Waals surface area contributed by atoms with Gasteiger partial charge in [0.2, 0.25) is 12.3 Å². The van der Waals surface area contributed by atoms with E-state index in [1.54, 1.807) is 48.5 Å². The molecule has 0 saturated heterocycles. The van der Waals surface area contributed by atoms with E-state index in [0.717, 1.165) is 5.56 Å². The predicted molar refractivity (Wildman–Crippen MR) is 97.7 cm³/mol. The summed E-state index contributed by atoms with van der Waals surface area (Å²) in [7, 11) is 0. The summed E-state index contributed by atoms with van der Waals surface area (Å²) in [5, 5.41) is 6.95. The molecule has 0 fully saturated rings. The van der Waals surface area contributed by atoms with Crippen LogP contribution in [0.15, 0.2) is 65.5 Å². The van der Waals surface area contributed by atoms with Gasteiger partial charge in [0, 0.05) is 22.9 Å². The van der Waals surface area contributed by atoms with Gasteiger partial charge < -0.3 is 11.1 Å². The van der Waals surface area contributed by atoms with Gasteiger partial charge in [0.05, 0.1) is 12.2 Å². The second-order valence-electron chi connectivity index (χ2n) is 5.62. The molecule has 130 valence electrons. The number of anilines is 1. The molecule has 26 heavy (non-hydrogen) atoms. The van der Waals surface area contributed by atoms with Crippen molar-refractivity contribution in [1.82, 2.24) is 9.78 Å². The van der Waals surface area contributed by atoms with E-state index in [1.165, 1.54) is 10.7 Å². The van der Waals surface area contributed by atoms with Crippen molar-refractivity contribution < 1.29 is 9.59 Å². The monoisotopic (exact) mass is 348 g/mol. The van der Waals surface area contributed by atoms with E-state index in [4.69, 9.17) is 5.73 Å². The molecule has 0 atom stereocenters. The zero-order valence-electron chi connectivity index (χ0n) is 13.8. The summed E-state index contributed by atoms with van der Waals surface area (Å²) in [6.45, 7) is 0.247. The molecule has 2 aromatic carbocycles. The quantitative estimate of drug-likeness (QED) is 0.660. The average Bonchev–Trinajstić information content (AvgIpc) is 2.64. The molecule has 0 aliphatic rings. The van der Waals surface area contributed by atoms with Gasteiger partial charge in [-0.3, -0.25) is 14.4 Å². The van der Waals surface area contributed by atoms with Crippen LogP contribution < -0.4 is 16.6 Å². The lowest BCUT2D eigenvalue weighted by Crippen LogP contribution is -2.23. The van der Waals surface area contributed by atoms with Gasteiger partial charge in [0.15, 0.2) is 0 Å². The highest BCUT2D eigenvalue weighted by Gasteiger charge is 2.07. The molecule has 0 unspecified atom stereocenters. The summed E-state index contributed by atoms with van der Waals surface area (Å²) in [5.74, 6) is -0.528. The number of nitrogens with zero attached hydrogens (tertiary/aromatic N) is 2. The number of hydrogen-bond donors (Lipinski definition) is 2. The van der Waals surface area contributed by atoms with Gasteiger partial charge in [-0.1, -0.05) is 24.3 Å². The Labute approximate surface area is 149 Å². The Hall–Kier alpha value is -3.74. The molecule has 0 aliphatic carbocycles. The highest BCUT2D eigenvalue weighted by molar-refractivity contribution is 5.93. The van der Waals surface area contributed by atoms with Gasteiger partial charge in [-0.2, -0.15) is 5.10 Å². The largest absolute Gasteiger partial charge is 0.366 e. The van der Waals surface area contributed by atoms with Gasteiger partial charge in [-0.25, -0.2) is 4.68 Å². The molecular formula is C19H16N4O3.